The summed E-state index contributed by atoms with van der Waals surface area (Å²) in [6, 6.07) is 7.52. The van der Waals surface area contributed by atoms with Crippen LogP contribution in [0, 0.1) is 6.92 Å². The monoisotopic (exact) mass is 209 g/mol. The highest BCUT2D eigenvalue weighted by Crippen LogP contribution is 2.11. The van der Waals surface area contributed by atoms with Crippen LogP contribution in [0.3, 0.4) is 0 Å². The van der Waals surface area contributed by atoms with Crippen LogP contribution in [0.5, 0.6) is 0 Å². The standard InChI is InChI=1S/C11H15NO3/c1-8-4-3-5-9(6-8)12-7-11(2,15)10(13)14/h3-6,12,15H,7H2,1-2H3,(H,13,14). The fraction of sp³-hybridized carbons (Fsp3) is 0.364. The Balaban J connectivity index is 2.61. The maximum Gasteiger partial charge on any atom is 0.337 e. The average molecular weight is 209 g/mol. The number of benzene rings is 1. The van der Waals surface area contributed by atoms with Gasteiger partial charge in [-0.1, -0.05) is 12.1 Å². The van der Waals surface area contributed by atoms with Crippen molar-refractivity contribution < 1.29 is 15.0 Å². The largest absolute Gasteiger partial charge is 0.479 e. The van der Waals surface area contributed by atoms with E-state index in [-0.39, 0.29) is 6.54 Å². The summed E-state index contributed by atoms with van der Waals surface area (Å²) < 4.78 is 0. The number of hydrogen-bond donors (Lipinski definition) is 3. The molecule has 0 amide bonds. The second-order valence-electron chi connectivity index (χ2n) is 3.80. The minimum absolute atomic E-state index is 0.0220. The quantitative estimate of drug-likeness (QED) is 0.698. The molecule has 0 spiro atoms. The first-order valence-corrected chi connectivity index (χ1v) is 4.68. The first-order chi connectivity index (χ1) is 6.92. The van der Waals surface area contributed by atoms with Gasteiger partial charge < -0.3 is 15.5 Å². The van der Waals surface area contributed by atoms with Crippen molar-refractivity contribution in [2.45, 2.75) is 19.4 Å². The molecule has 1 unspecified atom stereocenters. The second-order valence-corrected chi connectivity index (χ2v) is 3.80. The van der Waals surface area contributed by atoms with E-state index in [2.05, 4.69) is 5.32 Å². The number of carboxylic acid groups (broad SMARTS) is 1. The Morgan fingerprint density at radius 2 is 2.20 bits per heavy atom. The Morgan fingerprint density at radius 3 is 2.73 bits per heavy atom. The summed E-state index contributed by atoms with van der Waals surface area (Å²) in [5.41, 5.74) is 0.135. The zero-order valence-corrected chi connectivity index (χ0v) is 8.82. The van der Waals surface area contributed by atoms with E-state index in [1.165, 1.54) is 6.92 Å². The molecule has 4 nitrogen and oxygen atoms in total. The zero-order chi connectivity index (χ0) is 11.5. The molecule has 0 radical (unpaired) electrons. The number of anilines is 1. The van der Waals surface area contributed by atoms with E-state index in [4.69, 9.17) is 5.11 Å². The van der Waals surface area contributed by atoms with Gasteiger partial charge in [-0.05, 0) is 31.5 Å². The van der Waals surface area contributed by atoms with Crippen LogP contribution < -0.4 is 5.32 Å². The normalized spacial score (nSPS) is 14.3. The van der Waals surface area contributed by atoms with Gasteiger partial charge in [0.25, 0.3) is 0 Å². The van der Waals surface area contributed by atoms with Crippen molar-refractivity contribution in [1.29, 1.82) is 0 Å². The Kier molecular flexibility index (Phi) is 3.31. The molecule has 1 aromatic carbocycles. The van der Waals surface area contributed by atoms with Gasteiger partial charge in [-0.2, -0.15) is 0 Å². The van der Waals surface area contributed by atoms with Crippen LogP contribution in [-0.4, -0.2) is 28.3 Å². The van der Waals surface area contributed by atoms with Crippen molar-refractivity contribution in [2.75, 3.05) is 11.9 Å². The Morgan fingerprint density at radius 1 is 1.53 bits per heavy atom. The summed E-state index contributed by atoms with van der Waals surface area (Å²) in [6.45, 7) is 3.18. The van der Waals surface area contributed by atoms with Gasteiger partial charge in [-0.25, -0.2) is 4.79 Å². The highest BCUT2D eigenvalue weighted by Gasteiger charge is 2.29. The predicted octanol–water partition coefficient (Wildman–Crippen LogP) is 1.24. The summed E-state index contributed by atoms with van der Waals surface area (Å²) in [6.07, 6.45) is 0. The zero-order valence-electron chi connectivity index (χ0n) is 8.82. The van der Waals surface area contributed by atoms with Gasteiger partial charge in [0.1, 0.15) is 0 Å². The van der Waals surface area contributed by atoms with Crippen LogP contribution in [0.2, 0.25) is 0 Å². The lowest BCUT2D eigenvalue weighted by molar-refractivity contribution is -0.155. The van der Waals surface area contributed by atoms with Crippen molar-refractivity contribution in [2.24, 2.45) is 0 Å². The van der Waals surface area contributed by atoms with Crippen LogP contribution >= 0.6 is 0 Å². The third-order valence-electron chi connectivity index (χ3n) is 2.12. The molecular weight excluding hydrogens is 194 g/mol. The molecule has 0 heterocycles. The van der Waals surface area contributed by atoms with Gasteiger partial charge in [0.15, 0.2) is 5.60 Å². The summed E-state index contributed by atoms with van der Waals surface area (Å²) in [7, 11) is 0. The fourth-order valence-corrected chi connectivity index (χ4v) is 1.10. The van der Waals surface area contributed by atoms with Crippen LogP contribution in [-0.2, 0) is 4.79 Å². The number of carboxylic acids is 1. The highest BCUT2D eigenvalue weighted by molar-refractivity contribution is 5.77. The molecule has 1 atom stereocenters. The van der Waals surface area contributed by atoms with Gasteiger partial charge in [-0.15, -0.1) is 0 Å². The number of rotatable bonds is 4. The van der Waals surface area contributed by atoms with Crippen LogP contribution in [0.15, 0.2) is 24.3 Å². The van der Waals surface area contributed by atoms with Crippen molar-refractivity contribution >= 4 is 11.7 Å². The molecular formula is C11H15NO3. The smallest absolute Gasteiger partial charge is 0.337 e. The van der Waals surface area contributed by atoms with Crippen molar-refractivity contribution in [3.63, 3.8) is 0 Å². The Bertz CT molecular complexity index is 361. The Labute approximate surface area is 88.6 Å². The lowest BCUT2D eigenvalue weighted by atomic mass is 10.1. The topological polar surface area (TPSA) is 69.6 Å². The first-order valence-electron chi connectivity index (χ1n) is 4.68. The minimum atomic E-state index is -1.75. The van der Waals surface area contributed by atoms with E-state index >= 15 is 0 Å². The lowest BCUT2D eigenvalue weighted by Crippen LogP contribution is -2.41. The van der Waals surface area contributed by atoms with Gasteiger partial charge in [0, 0.05) is 5.69 Å². The van der Waals surface area contributed by atoms with E-state index < -0.39 is 11.6 Å². The summed E-state index contributed by atoms with van der Waals surface area (Å²) in [5.74, 6) is -1.23. The molecule has 0 saturated heterocycles. The number of aliphatic carboxylic acids is 1. The molecule has 0 fully saturated rings. The number of hydrogen-bond acceptors (Lipinski definition) is 3. The number of aliphatic hydroxyl groups is 1. The van der Waals surface area contributed by atoms with Gasteiger partial charge in [-0.3, -0.25) is 0 Å². The molecule has 82 valence electrons. The fourth-order valence-electron chi connectivity index (χ4n) is 1.10. The van der Waals surface area contributed by atoms with Gasteiger partial charge >= 0.3 is 5.97 Å². The molecule has 0 aliphatic carbocycles. The van der Waals surface area contributed by atoms with E-state index in [9.17, 15) is 9.90 Å². The van der Waals surface area contributed by atoms with Crippen molar-refractivity contribution in [3.8, 4) is 0 Å². The maximum atomic E-state index is 10.6. The van der Waals surface area contributed by atoms with Crippen LogP contribution in [0.25, 0.3) is 0 Å². The van der Waals surface area contributed by atoms with E-state index in [1.807, 2.05) is 31.2 Å². The average Bonchev–Trinajstić information content (AvgIpc) is 2.15. The third-order valence-corrected chi connectivity index (χ3v) is 2.12. The van der Waals surface area contributed by atoms with Crippen molar-refractivity contribution in [3.05, 3.63) is 29.8 Å². The molecule has 1 rings (SSSR count). The van der Waals surface area contributed by atoms with E-state index in [1.54, 1.807) is 0 Å². The molecule has 1 aromatic rings. The lowest BCUT2D eigenvalue weighted by Gasteiger charge is -2.19. The molecule has 15 heavy (non-hydrogen) atoms. The molecule has 0 aliphatic heterocycles. The van der Waals surface area contributed by atoms with Gasteiger partial charge in [0.05, 0.1) is 6.54 Å². The van der Waals surface area contributed by atoms with Crippen LogP contribution in [0.4, 0.5) is 5.69 Å². The van der Waals surface area contributed by atoms with Gasteiger partial charge in [0.2, 0.25) is 0 Å². The molecule has 0 bridgehead atoms. The van der Waals surface area contributed by atoms with E-state index in [0.717, 1.165) is 11.3 Å². The number of aryl methyl sites for hydroxylation is 1. The maximum absolute atomic E-state index is 10.6. The SMILES string of the molecule is Cc1cccc(NCC(C)(O)C(=O)O)c1. The minimum Gasteiger partial charge on any atom is -0.479 e. The predicted molar refractivity (Wildman–Crippen MR) is 57.9 cm³/mol. The molecule has 0 saturated carbocycles. The third kappa shape index (κ3) is 3.25. The summed E-state index contributed by atoms with van der Waals surface area (Å²) in [5, 5.41) is 21.0. The van der Waals surface area contributed by atoms with Crippen LogP contribution in [0.1, 0.15) is 12.5 Å². The van der Waals surface area contributed by atoms with E-state index in [0.29, 0.717) is 0 Å². The molecule has 3 N–H and O–H groups in total. The molecule has 4 heteroatoms. The van der Waals surface area contributed by atoms with Crippen molar-refractivity contribution in [1.82, 2.24) is 0 Å². The molecule has 0 aliphatic rings. The number of carbonyl (C=O) groups is 1. The molecule has 0 aromatic heterocycles. The second kappa shape index (κ2) is 4.31. The summed E-state index contributed by atoms with van der Waals surface area (Å²) in [4.78, 5) is 10.6. The first kappa shape index (κ1) is 11.5. The highest BCUT2D eigenvalue weighted by atomic mass is 16.4. The Hall–Kier alpha value is -1.55. The summed E-state index contributed by atoms with van der Waals surface area (Å²) >= 11 is 0. The number of nitrogens with one attached hydrogen (secondary N) is 1.